The van der Waals surface area contributed by atoms with Gasteiger partial charge in [0.15, 0.2) is 0 Å². The summed E-state index contributed by atoms with van der Waals surface area (Å²) in [5.74, 6) is 0.988. The van der Waals surface area contributed by atoms with Crippen molar-refractivity contribution in [3.8, 4) is 0 Å². The molecule has 0 spiro atoms. The molecule has 1 N–H and O–H groups in total. The Bertz CT molecular complexity index is 432. The predicted molar refractivity (Wildman–Crippen MR) is 89.2 cm³/mol. The van der Waals surface area contributed by atoms with Crippen molar-refractivity contribution >= 4 is 5.91 Å². The molecule has 23 heavy (non-hydrogen) atoms. The molecule has 5 heteroatoms. The number of likely N-dealkylation sites (N-methyl/N-ethyl adjacent to an activating group) is 1. The Hall–Kier alpha value is -0.910. The Balaban J connectivity index is 1.53. The normalized spacial score (nSPS) is 29.3. The van der Waals surface area contributed by atoms with Gasteiger partial charge in [-0.25, -0.2) is 0 Å². The van der Waals surface area contributed by atoms with Crippen LogP contribution in [0.4, 0.5) is 0 Å². The van der Waals surface area contributed by atoms with Gasteiger partial charge in [-0.3, -0.25) is 4.79 Å². The minimum Gasteiger partial charge on any atom is -0.377 e. The highest BCUT2D eigenvalue weighted by Gasteiger charge is 2.37. The topological polar surface area (TPSA) is 50.8 Å². The second-order valence-corrected chi connectivity index (χ2v) is 7.13. The first-order chi connectivity index (χ1) is 11.2. The Morgan fingerprint density at radius 3 is 2.87 bits per heavy atom. The van der Waals surface area contributed by atoms with Gasteiger partial charge in [0.2, 0.25) is 5.91 Å². The van der Waals surface area contributed by atoms with Crippen molar-refractivity contribution in [2.45, 2.75) is 38.2 Å². The number of ether oxygens (including phenoxy) is 2. The molecule has 0 radical (unpaired) electrons. The second-order valence-electron chi connectivity index (χ2n) is 7.13. The number of carbonyl (C=O) groups is 1. The van der Waals surface area contributed by atoms with Crippen LogP contribution in [0.15, 0.2) is 11.6 Å². The average molecular weight is 322 g/mol. The summed E-state index contributed by atoms with van der Waals surface area (Å²) in [5, 5.41) is 3.40. The fraction of sp³-hybridized carbons (Fsp3) is 0.833. The second kappa shape index (κ2) is 8.27. The number of hydrogen-bond donors (Lipinski definition) is 1. The lowest BCUT2D eigenvalue weighted by atomic mass is 9.87. The van der Waals surface area contributed by atoms with Crippen LogP contribution in [0.5, 0.6) is 0 Å². The molecule has 0 aromatic rings. The number of hydrogen-bond acceptors (Lipinski definition) is 4. The van der Waals surface area contributed by atoms with Crippen molar-refractivity contribution in [3.63, 3.8) is 0 Å². The molecule has 3 rings (SSSR count). The Morgan fingerprint density at radius 2 is 2.13 bits per heavy atom. The number of piperidine rings is 1. The van der Waals surface area contributed by atoms with Gasteiger partial charge in [-0.1, -0.05) is 6.08 Å². The smallest absolute Gasteiger partial charge is 0.228 e. The van der Waals surface area contributed by atoms with Crippen LogP contribution in [0.2, 0.25) is 0 Å². The van der Waals surface area contributed by atoms with Gasteiger partial charge in [0.05, 0.1) is 25.2 Å². The molecule has 0 aliphatic carbocycles. The van der Waals surface area contributed by atoms with Gasteiger partial charge in [0, 0.05) is 20.2 Å². The van der Waals surface area contributed by atoms with E-state index in [4.69, 9.17) is 9.47 Å². The molecule has 3 aliphatic heterocycles. The summed E-state index contributed by atoms with van der Waals surface area (Å²) in [4.78, 5) is 14.7. The SMILES string of the molecule is CN(CC1=CCCOC1)C(=O)[C@@H]1CCO[C@@H]1CC1CCNCC1. The third-order valence-electron chi connectivity index (χ3n) is 5.35. The predicted octanol–water partition coefficient (Wildman–Crippen LogP) is 1.59. The third-order valence-corrected chi connectivity index (χ3v) is 5.35. The fourth-order valence-electron chi connectivity index (χ4n) is 3.99. The van der Waals surface area contributed by atoms with E-state index < -0.39 is 0 Å². The summed E-state index contributed by atoms with van der Waals surface area (Å²) in [6.07, 6.45) is 7.62. The molecular weight excluding hydrogens is 292 g/mol. The zero-order valence-corrected chi connectivity index (χ0v) is 14.3. The lowest BCUT2D eigenvalue weighted by Gasteiger charge is -2.29. The van der Waals surface area contributed by atoms with Crippen LogP contribution in [-0.2, 0) is 14.3 Å². The number of rotatable bonds is 5. The first-order valence-electron chi connectivity index (χ1n) is 9.07. The fourth-order valence-corrected chi connectivity index (χ4v) is 3.99. The lowest BCUT2D eigenvalue weighted by molar-refractivity contribution is -0.136. The van der Waals surface area contributed by atoms with Crippen LogP contribution in [-0.4, -0.2) is 63.4 Å². The Labute approximate surface area is 139 Å². The highest BCUT2D eigenvalue weighted by Crippen LogP contribution is 2.30. The first kappa shape index (κ1) is 16.9. The Kier molecular flexibility index (Phi) is 6.08. The largest absolute Gasteiger partial charge is 0.377 e. The van der Waals surface area contributed by atoms with Gasteiger partial charge >= 0.3 is 0 Å². The van der Waals surface area contributed by atoms with Gasteiger partial charge in [-0.05, 0) is 56.7 Å². The van der Waals surface area contributed by atoms with Crippen molar-refractivity contribution in [2.24, 2.45) is 11.8 Å². The van der Waals surface area contributed by atoms with E-state index in [9.17, 15) is 4.79 Å². The van der Waals surface area contributed by atoms with Crippen LogP contribution < -0.4 is 5.32 Å². The Morgan fingerprint density at radius 1 is 1.30 bits per heavy atom. The van der Waals surface area contributed by atoms with Gasteiger partial charge in [-0.2, -0.15) is 0 Å². The standard InChI is InChI=1S/C18H30N2O3/c1-20(12-15-3-2-9-22-13-15)18(21)16-6-10-23-17(16)11-14-4-7-19-8-5-14/h3,14,16-17,19H,2,4-13H2,1H3/t16-,17-/m1/s1. The van der Waals surface area contributed by atoms with E-state index in [1.807, 2.05) is 11.9 Å². The van der Waals surface area contributed by atoms with E-state index in [1.165, 1.54) is 18.4 Å². The molecule has 3 aliphatic rings. The molecule has 5 nitrogen and oxygen atoms in total. The summed E-state index contributed by atoms with van der Waals surface area (Å²) in [7, 11) is 1.91. The first-order valence-corrected chi connectivity index (χ1v) is 9.07. The maximum absolute atomic E-state index is 12.8. The summed E-state index contributed by atoms with van der Waals surface area (Å²) in [6, 6.07) is 0. The van der Waals surface area contributed by atoms with E-state index in [0.29, 0.717) is 19.1 Å². The monoisotopic (exact) mass is 322 g/mol. The van der Waals surface area contributed by atoms with Gasteiger partial charge in [0.25, 0.3) is 0 Å². The molecular formula is C18H30N2O3. The minimum atomic E-state index is 0.0417. The zero-order chi connectivity index (χ0) is 16.1. The highest BCUT2D eigenvalue weighted by atomic mass is 16.5. The van der Waals surface area contributed by atoms with Gasteiger partial charge in [0.1, 0.15) is 0 Å². The van der Waals surface area contributed by atoms with E-state index in [1.54, 1.807) is 0 Å². The van der Waals surface area contributed by atoms with Crippen molar-refractivity contribution in [2.75, 3.05) is 46.5 Å². The lowest BCUT2D eigenvalue weighted by Crippen LogP contribution is -2.39. The van der Waals surface area contributed by atoms with Crippen molar-refractivity contribution in [1.29, 1.82) is 0 Å². The van der Waals surface area contributed by atoms with Gasteiger partial charge < -0.3 is 19.7 Å². The molecule has 3 heterocycles. The summed E-state index contributed by atoms with van der Waals surface area (Å²) in [5.41, 5.74) is 1.22. The van der Waals surface area contributed by atoms with E-state index in [2.05, 4.69) is 11.4 Å². The van der Waals surface area contributed by atoms with Gasteiger partial charge in [-0.15, -0.1) is 0 Å². The van der Waals surface area contributed by atoms with E-state index in [0.717, 1.165) is 45.6 Å². The quantitative estimate of drug-likeness (QED) is 0.781. The maximum atomic E-state index is 12.8. The summed E-state index contributed by atoms with van der Waals surface area (Å²) < 4.78 is 11.4. The summed E-state index contributed by atoms with van der Waals surface area (Å²) in [6.45, 7) is 5.09. The number of amides is 1. The zero-order valence-electron chi connectivity index (χ0n) is 14.3. The van der Waals surface area contributed by atoms with E-state index >= 15 is 0 Å². The molecule has 2 atom stereocenters. The molecule has 1 amide bonds. The molecule has 2 fully saturated rings. The highest BCUT2D eigenvalue weighted by molar-refractivity contribution is 5.79. The van der Waals surface area contributed by atoms with E-state index in [-0.39, 0.29) is 17.9 Å². The molecule has 0 bridgehead atoms. The summed E-state index contributed by atoms with van der Waals surface area (Å²) >= 11 is 0. The van der Waals surface area contributed by atoms with Crippen molar-refractivity contribution < 1.29 is 14.3 Å². The maximum Gasteiger partial charge on any atom is 0.228 e. The molecule has 0 aromatic carbocycles. The number of nitrogens with zero attached hydrogens (tertiary/aromatic N) is 1. The van der Waals surface area contributed by atoms with Crippen molar-refractivity contribution in [3.05, 3.63) is 11.6 Å². The van der Waals surface area contributed by atoms with Crippen LogP contribution in [0, 0.1) is 11.8 Å². The average Bonchev–Trinajstić information content (AvgIpc) is 3.04. The minimum absolute atomic E-state index is 0.0417. The third kappa shape index (κ3) is 4.55. The van der Waals surface area contributed by atoms with Crippen LogP contribution in [0.1, 0.15) is 32.1 Å². The van der Waals surface area contributed by atoms with Crippen LogP contribution in [0.3, 0.4) is 0 Å². The molecule has 130 valence electrons. The molecule has 0 aromatic heterocycles. The number of carbonyl (C=O) groups excluding carboxylic acids is 1. The van der Waals surface area contributed by atoms with Crippen LogP contribution in [0.25, 0.3) is 0 Å². The molecule has 2 saturated heterocycles. The molecule has 0 unspecified atom stereocenters. The van der Waals surface area contributed by atoms with Crippen LogP contribution >= 0.6 is 0 Å². The van der Waals surface area contributed by atoms with Crippen molar-refractivity contribution in [1.82, 2.24) is 10.2 Å². The molecule has 0 saturated carbocycles. The number of nitrogens with one attached hydrogen (secondary N) is 1.